The molecule has 0 fully saturated rings. The van der Waals surface area contributed by atoms with Crippen molar-refractivity contribution < 1.29 is 0 Å². The van der Waals surface area contributed by atoms with E-state index in [4.69, 9.17) is 23.2 Å². The van der Waals surface area contributed by atoms with Gasteiger partial charge in [-0.15, -0.1) is 0 Å². The van der Waals surface area contributed by atoms with Gasteiger partial charge in [-0.1, -0.05) is 29.3 Å². The molecule has 0 saturated carbocycles. The van der Waals surface area contributed by atoms with E-state index in [-0.39, 0.29) is 0 Å². The molecule has 1 heterocycles. The van der Waals surface area contributed by atoms with Crippen molar-refractivity contribution in [3.8, 4) is 0 Å². The molecule has 0 radical (unpaired) electrons. The Hall–Kier alpha value is -0.790. The van der Waals surface area contributed by atoms with Crippen LogP contribution in [0.15, 0.2) is 35.0 Å². The number of rotatable bonds is 2. The van der Waals surface area contributed by atoms with E-state index >= 15 is 0 Å². The van der Waals surface area contributed by atoms with Gasteiger partial charge in [-0.25, -0.2) is 0 Å². The number of nitrogens with zero attached hydrogens (tertiary/aromatic N) is 1. The SMILES string of the molecule is Clc1cccc(Cl)c1CC1=CN=CC1. The van der Waals surface area contributed by atoms with Crippen LogP contribution in [0, 0.1) is 0 Å². The van der Waals surface area contributed by atoms with Crippen LogP contribution >= 0.6 is 23.2 Å². The molecule has 1 aliphatic rings. The summed E-state index contributed by atoms with van der Waals surface area (Å²) in [5, 5.41) is 1.45. The first-order valence-corrected chi connectivity index (χ1v) is 5.15. The number of halogens is 2. The van der Waals surface area contributed by atoms with E-state index in [0.29, 0.717) is 0 Å². The Balaban J connectivity index is 2.24. The molecule has 3 heteroatoms. The van der Waals surface area contributed by atoms with Crippen molar-refractivity contribution >= 4 is 29.4 Å². The van der Waals surface area contributed by atoms with Gasteiger partial charge in [0.1, 0.15) is 0 Å². The van der Waals surface area contributed by atoms with E-state index in [1.807, 2.05) is 30.6 Å². The highest BCUT2D eigenvalue weighted by Gasteiger charge is 2.09. The third-order valence-corrected chi connectivity index (χ3v) is 2.89. The molecular formula is C11H9Cl2N. The van der Waals surface area contributed by atoms with Crippen molar-refractivity contribution in [3.05, 3.63) is 45.6 Å². The third kappa shape index (κ3) is 1.99. The van der Waals surface area contributed by atoms with Crippen LogP contribution in [0.1, 0.15) is 12.0 Å². The average molecular weight is 226 g/mol. The second-order valence-electron chi connectivity index (χ2n) is 3.20. The molecule has 0 saturated heterocycles. The number of benzene rings is 1. The maximum atomic E-state index is 6.06. The standard InChI is InChI=1S/C11H9Cl2N/c12-10-2-1-3-11(13)9(10)6-8-4-5-14-7-8/h1-3,5,7H,4,6H2. The van der Waals surface area contributed by atoms with Crippen molar-refractivity contribution in [2.24, 2.45) is 4.99 Å². The minimum Gasteiger partial charge on any atom is -0.269 e. The van der Waals surface area contributed by atoms with Gasteiger partial charge in [0.15, 0.2) is 0 Å². The van der Waals surface area contributed by atoms with Crippen LogP contribution in [0.5, 0.6) is 0 Å². The Bertz CT molecular complexity index is 387. The fourth-order valence-corrected chi connectivity index (χ4v) is 1.96. The summed E-state index contributed by atoms with van der Waals surface area (Å²) >= 11 is 12.1. The molecule has 1 aliphatic heterocycles. The smallest absolute Gasteiger partial charge is 0.0456 e. The second-order valence-corrected chi connectivity index (χ2v) is 4.01. The highest BCUT2D eigenvalue weighted by atomic mass is 35.5. The molecule has 1 nitrogen and oxygen atoms in total. The fraction of sp³-hybridized carbons (Fsp3) is 0.182. The number of aliphatic imine (C=N–C) groups is 1. The largest absolute Gasteiger partial charge is 0.269 e. The maximum Gasteiger partial charge on any atom is 0.0456 e. The molecule has 0 amide bonds. The summed E-state index contributed by atoms with van der Waals surface area (Å²) in [5.74, 6) is 0. The monoisotopic (exact) mass is 225 g/mol. The Kier molecular flexibility index (Phi) is 2.90. The number of hydrogen-bond acceptors (Lipinski definition) is 1. The van der Waals surface area contributed by atoms with Gasteiger partial charge >= 0.3 is 0 Å². The lowest BCUT2D eigenvalue weighted by Gasteiger charge is -2.06. The topological polar surface area (TPSA) is 12.4 Å². The van der Waals surface area contributed by atoms with Crippen LogP contribution in [0.2, 0.25) is 10.0 Å². The minimum absolute atomic E-state index is 0.727. The van der Waals surface area contributed by atoms with Crippen molar-refractivity contribution in [2.45, 2.75) is 12.8 Å². The Morgan fingerprint density at radius 1 is 1.21 bits per heavy atom. The third-order valence-electron chi connectivity index (χ3n) is 2.18. The lowest BCUT2D eigenvalue weighted by Crippen LogP contribution is -1.91. The summed E-state index contributed by atoms with van der Waals surface area (Å²) in [6, 6.07) is 5.58. The summed E-state index contributed by atoms with van der Waals surface area (Å²) in [5.41, 5.74) is 2.24. The van der Waals surface area contributed by atoms with E-state index in [9.17, 15) is 0 Å². The summed E-state index contributed by atoms with van der Waals surface area (Å²) in [6.45, 7) is 0. The number of hydrogen-bond donors (Lipinski definition) is 0. The van der Waals surface area contributed by atoms with E-state index < -0.39 is 0 Å². The Labute approximate surface area is 93.1 Å². The highest BCUT2D eigenvalue weighted by molar-refractivity contribution is 6.36. The molecule has 0 bridgehead atoms. The second kappa shape index (κ2) is 4.16. The molecule has 14 heavy (non-hydrogen) atoms. The molecule has 2 rings (SSSR count). The predicted octanol–water partition coefficient (Wildman–Crippen LogP) is 3.89. The summed E-state index contributed by atoms with van der Waals surface area (Å²) in [6.07, 6.45) is 5.46. The van der Waals surface area contributed by atoms with Gasteiger partial charge in [-0.2, -0.15) is 0 Å². The maximum absolute atomic E-state index is 6.06. The van der Waals surface area contributed by atoms with E-state index in [1.54, 1.807) is 0 Å². The molecule has 72 valence electrons. The van der Waals surface area contributed by atoms with Gasteiger partial charge in [0.05, 0.1) is 0 Å². The zero-order valence-electron chi connectivity index (χ0n) is 7.50. The van der Waals surface area contributed by atoms with Gasteiger partial charge in [0, 0.05) is 28.9 Å². The average Bonchev–Trinajstić information content (AvgIpc) is 2.64. The van der Waals surface area contributed by atoms with Crippen molar-refractivity contribution in [1.82, 2.24) is 0 Å². The zero-order valence-corrected chi connectivity index (χ0v) is 9.02. The molecule has 1 aromatic rings. The lowest BCUT2D eigenvalue weighted by atomic mass is 10.0. The molecule has 0 unspecified atom stereocenters. The van der Waals surface area contributed by atoms with Crippen LogP contribution in [-0.2, 0) is 6.42 Å². The molecule has 1 aromatic carbocycles. The predicted molar refractivity (Wildman–Crippen MR) is 61.4 cm³/mol. The normalized spacial score (nSPS) is 14.6. The van der Waals surface area contributed by atoms with E-state index in [1.165, 1.54) is 5.57 Å². The molecule has 0 spiro atoms. The van der Waals surface area contributed by atoms with E-state index in [0.717, 1.165) is 28.5 Å². The summed E-state index contributed by atoms with van der Waals surface area (Å²) in [4.78, 5) is 4.05. The van der Waals surface area contributed by atoms with Crippen LogP contribution in [0.4, 0.5) is 0 Å². The van der Waals surface area contributed by atoms with Gasteiger partial charge in [0.25, 0.3) is 0 Å². The van der Waals surface area contributed by atoms with Gasteiger partial charge in [-0.05, 0) is 29.7 Å². The fourth-order valence-electron chi connectivity index (χ4n) is 1.43. The van der Waals surface area contributed by atoms with Crippen molar-refractivity contribution in [3.63, 3.8) is 0 Å². The molecule has 0 N–H and O–H groups in total. The highest BCUT2D eigenvalue weighted by Crippen LogP contribution is 2.27. The summed E-state index contributed by atoms with van der Waals surface area (Å²) < 4.78 is 0. The van der Waals surface area contributed by atoms with Gasteiger partial charge in [-0.3, -0.25) is 4.99 Å². The Morgan fingerprint density at radius 2 is 1.93 bits per heavy atom. The van der Waals surface area contributed by atoms with Crippen molar-refractivity contribution in [1.29, 1.82) is 0 Å². The molecule has 0 aromatic heterocycles. The van der Waals surface area contributed by atoms with E-state index in [2.05, 4.69) is 4.99 Å². The molecule has 0 aliphatic carbocycles. The first kappa shape index (κ1) is 9.75. The molecule has 0 atom stereocenters. The quantitative estimate of drug-likeness (QED) is 0.725. The van der Waals surface area contributed by atoms with Crippen LogP contribution in [0.3, 0.4) is 0 Å². The first-order valence-electron chi connectivity index (χ1n) is 4.40. The van der Waals surface area contributed by atoms with Gasteiger partial charge < -0.3 is 0 Å². The minimum atomic E-state index is 0.727. The number of allylic oxidation sites excluding steroid dienone is 1. The van der Waals surface area contributed by atoms with Crippen LogP contribution < -0.4 is 0 Å². The zero-order chi connectivity index (χ0) is 9.97. The molecular weight excluding hydrogens is 217 g/mol. The Morgan fingerprint density at radius 3 is 2.50 bits per heavy atom. The van der Waals surface area contributed by atoms with Crippen LogP contribution in [0.25, 0.3) is 0 Å². The van der Waals surface area contributed by atoms with Crippen LogP contribution in [-0.4, -0.2) is 6.21 Å². The lowest BCUT2D eigenvalue weighted by molar-refractivity contribution is 1.11. The van der Waals surface area contributed by atoms with Crippen molar-refractivity contribution in [2.75, 3.05) is 0 Å². The first-order chi connectivity index (χ1) is 6.77. The summed E-state index contributed by atoms with van der Waals surface area (Å²) in [7, 11) is 0. The van der Waals surface area contributed by atoms with Gasteiger partial charge in [0.2, 0.25) is 0 Å².